The minimum absolute atomic E-state index is 0.0698. The standard InChI is InChI=1S/C23H36N4O4S/c1-5-14-27-21-11-10-19(32(29,30)26(6-2)7-3)16-20(21)24-22(27)12-13-23(28)25(4)17-18-9-8-15-31-18/h10-11,16,18H,5-9,12-15,17H2,1-4H3. The van der Waals surface area contributed by atoms with Crippen LogP contribution in [0.4, 0.5) is 0 Å². The highest BCUT2D eigenvalue weighted by Gasteiger charge is 2.24. The lowest BCUT2D eigenvalue weighted by Gasteiger charge is -2.20. The number of ether oxygens (including phenoxy) is 1. The van der Waals surface area contributed by atoms with Crippen molar-refractivity contribution in [2.75, 3.05) is 33.3 Å². The molecule has 8 nitrogen and oxygen atoms in total. The first-order valence-corrected chi connectivity index (χ1v) is 13.1. The molecule has 32 heavy (non-hydrogen) atoms. The Bertz CT molecular complexity index is 1020. The maximum absolute atomic E-state index is 12.9. The SMILES string of the molecule is CCCn1c(CCC(=O)N(C)CC2CCCO2)nc2cc(S(=O)(=O)N(CC)CC)ccc21. The highest BCUT2D eigenvalue weighted by atomic mass is 32.2. The van der Waals surface area contributed by atoms with Gasteiger partial charge in [-0.05, 0) is 37.5 Å². The Morgan fingerprint density at radius 3 is 2.62 bits per heavy atom. The van der Waals surface area contributed by atoms with E-state index in [4.69, 9.17) is 9.72 Å². The van der Waals surface area contributed by atoms with Crippen molar-refractivity contribution in [2.45, 2.75) is 70.4 Å². The van der Waals surface area contributed by atoms with E-state index in [0.29, 0.717) is 38.0 Å². The van der Waals surface area contributed by atoms with Crippen molar-refractivity contribution in [1.82, 2.24) is 18.8 Å². The maximum atomic E-state index is 12.9. The number of benzene rings is 1. The molecular weight excluding hydrogens is 428 g/mol. The van der Waals surface area contributed by atoms with Gasteiger partial charge in [-0.15, -0.1) is 0 Å². The summed E-state index contributed by atoms with van der Waals surface area (Å²) in [5.41, 5.74) is 1.56. The van der Waals surface area contributed by atoms with E-state index >= 15 is 0 Å². The second-order valence-corrected chi connectivity index (χ2v) is 10.3. The lowest BCUT2D eigenvalue weighted by molar-refractivity contribution is -0.131. The number of amides is 1. The van der Waals surface area contributed by atoms with Crippen molar-refractivity contribution in [3.63, 3.8) is 0 Å². The molecule has 0 aliphatic carbocycles. The van der Waals surface area contributed by atoms with Crippen molar-refractivity contribution < 1.29 is 17.9 Å². The van der Waals surface area contributed by atoms with E-state index in [0.717, 1.165) is 43.8 Å². The summed E-state index contributed by atoms with van der Waals surface area (Å²) in [5.74, 6) is 0.888. The predicted molar refractivity (Wildman–Crippen MR) is 125 cm³/mol. The average Bonchev–Trinajstić information content (AvgIpc) is 3.40. The molecular formula is C23H36N4O4S. The summed E-state index contributed by atoms with van der Waals surface area (Å²) < 4.78 is 35.0. The molecule has 1 aliphatic rings. The predicted octanol–water partition coefficient (Wildman–Crippen LogP) is 3.05. The highest BCUT2D eigenvalue weighted by molar-refractivity contribution is 7.89. The van der Waals surface area contributed by atoms with Gasteiger partial charge in [-0.25, -0.2) is 13.4 Å². The van der Waals surface area contributed by atoms with Gasteiger partial charge in [-0.2, -0.15) is 4.31 Å². The number of aromatic nitrogens is 2. The van der Waals surface area contributed by atoms with E-state index < -0.39 is 10.0 Å². The monoisotopic (exact) mass is 464 g/mol. The van der Waals surface area contributed by atoms with Crippen molar-refractivity contribution in [2.24, 2.45) is 0 Å². The Labute approximate surface area is 191 Å². The summed E-state index contributed by atoms with van der Waals surface area (Å²) in [6.07, 6.45) is 4.00. The minimum Gasteiger partial charge on any atom is -0.376 e. The van der Waals surface area contributed by atoms with Gasteiger partial charge in [0, 0.05) is 52.7 Å². The number of rotatable bonds is 11. The van der Waals surface area contributed by atoms with Gasteiger partial charge in [0.15, 0.2) is 0 Å². The maximum Gasteiger partial charge on any atom is 0.243 e. The second kappa shape index (κ2) is 10.8. The fourth-order valence-corrected chi connectivity index (χ4v) is 5.78. The van der Waals surface area contributed by atoms with Crippen LogP contribution in [0.2, 0.25) is 0 Å². The number of nitrogens with zero attached hydrogens (tertiary/aromatic N) is 4. The molecule has 1 fully saturated rings. The zero-order valence-corrected chi connectivity index (χ0v) is 20.5. The number of hydrogen-bond donors (Lipinski definition) is 0. The van der Waals surface area contributed by atoms with Crippen molar-refractivity contribution in [3.8, 4) is 0 Å². The summed E-state index contributed by atoms with van der Waals surface area (Å²) in [7, 11) is -1.72. The normalized spacial score (nSPS) is 16.8. The smallest absolute Gasteiger partial charge is 0.243 e. The molecule has 1 atom stereocenters. The van der Waals surface area contributed by atoms with Crippen LogP contribution in [0.15, 0.2) is 23.1 Å². The third-order valence-corrected chi connectivity index (χ3v) is 8.12. The van der Waals surface area contributed by atoms with E-state index in [1.54, 1.807) is 17.0 Å². The lowest BCUT2D eigenvalue weighted by atomic mass is 10.2. The molecule has 1 saturated heterocycles. The summed E-state index contributed by atoms with van der Waals surface area (Å²) >= 11 is 0. The number of imidazole rings is 1. The fraction of sp³-hybridized carbons (Fsp3) is 0.652. The van der Waals surface area contributed by atoms with Gasteiger partial charge in [-0.3, -0.25) is 4.79 Å². The number of sulfonamides is 1. The molecule has 0 saturated carbocycles. The Morgan fingerprint density at radius 2 is 2.00 bits per heavy atom. The molecule has 2 heterocycles. The number of aryl methyl sites for hydroxylation is 2. The third-order valence-electron chi connectivity index (χ3n) is 6.08. The third kappa shape index (κ3) is 5.32. The zero-order valence-electron chi connectivity index (χ0n) is 19.7. The second-order valence-electron chi connectivity index (χ2n) is 8.33. The van der Waals surface area contributed by atoms with Gasteiger partial charge in [-0.1, -0.05) is 20.8 Å². The summed E-state index contributed by atoms with van der Waals surface area (Å²) in [6, 6.07) is 5.15. The molecule has 0 radical (unpaired) electrons. The fourth-order valence-electron chi connectivity index (χ4n) is 4.30. The van der Waals surface area contributed by atoms with Gasteiger partial charge >= 0.3 is 0 Å². The topological polar surface area (TPSA) is 84.7 Å². The molecule has 3 rings (SSSR count). The van der Waals surface area contributed by atoms with Gasteiger partial charge in [0.2, 0.25) is 15.9 Å². The Kier molecular flexibility index (Phi) is 8.30. The van der Waals surface area contributed by atoms with E-state index in [2.05, 4.69) is 11.5 Å². The van der Waals surface area contributed by atoms with Crippen molar-refractivity contribution in [3.05, 3.63) is 24.0 Å². The van der Waals surface area contributed by atoms with Crippen LogP contribution < -0.4 is 0 Å². The average molecular weight is 465 g/mol. The van der Waals surface area contributed by atoms with Gasteiger partial charge in [0.1, 0.15) is 5.82 Å². The zero-order chi connectivity index (χ0) is 23.3. The highest BCUT2D eigenvalue weighted by Crippen LogP contribution is 2.24. The molecule has 1 unspecified atom stereocenters. The van der Waals surface area contributed by atoms with Crippen LogP contribution in [0.3, 0.4) is 0 Å². The molecule has 1 amide bonds. The molecule has 178 valence electrons. The molecule has 1 aliphatic heterocycles. The van der Waals surface area contributed by atoms with Crippen LogP contribution >= 0.6 is 0 Å². The molecule has 1 aromatic heterocycles. The first-order valence-electron chi connectivity index (χ1n) is 11.7. The van der Waals surface area contributed by atoms with Crippen LogP contribution in [0.1, 0.15) is 52.3 Å². The van der Waals surface area contributed by atoms with E-state index in [9.17, 15) is 13.2 Å². The first-order chi connectivity index (χ1) is 15.3. The van der Waals surface area contributed by atoms with Crippen LogP contribution in [-0.4, -0.2) is 72.5 Å². The summed E-state index contributed by atoms with van der Waals surface area (Å²) in [4.78, 5) is 19.4. The number of hydrogen-bond acceptors (Lipinski definition) is 5. The van der Waals surface area contributed by atoms with Gasteiger partial charge < -0.3 is 14.2 Å². The Morgan fingerprint density at radius 1 is 1.25 bits per heavy atom. The Hall–Kier alpha value is -1.97. The van der Waals surface area contributed by atoms with Crippen LogP contribution in [-0.2, 0) is 32.5 Å². The summed E-state index contributed by atoms with van der Waals surface area (Å²) in [6.45, 7) is 8.78. The molecule has 9 heteroatoms. The number of carbonyl (C=O) groups excluding carboxylic acids is 1. The molecule has 1 aromatic carbocycles. The quantitative estimate of drug-likeness (QED) is 0.510. The summed E-state index contributed by atoms with van der Waals surface area (Å²) in [5, 5.41) is 0. The lowest BCUT2D eigenvalue weighted by Crippen LogP contribution is -2.34. The van der Waals surface area contributed by atoms with Crippen LogP contribution in [0, 0.1) is 0 Å². The molecule has 0 spiro atoms. The van der Waals surface area contributed by atoms with Gasteiger partial charge in [0.25, 0.3) is 0 Å². The minimum atomic E-state index is -3.55. The van der Waals surface area contributed by atoms with Crippen LogP contribution in [0.25, 0.3) is 11.0 Å². The molecule has 0 N–H and O–H groups in total. The van der Waals surface area contributed by atoms with Crippen LogP contribution in [0.5, 0.6) is 0 Å². The molecule has 0 bridgehead atoms. The number of fused-ring (bicyclic) bond motifs is 1. The molecule has 2 aromatic rings. The van der Waals surface area contributed by atoms with Crippen molar-refractivity contribution in [1.29, 1.82) is 0 Å². The van der Waals surface area contributed by atoms with Gasteiger partial charge in [0.05, 0.1) is 22.0 Å². The first kappa shape index (κ1) is 24.7. The van der Waals surface area contributed by atoms with Crippen molar-refractivity contribution >= 4 is 27.0 Å². The Balaban J connectivity index is 1.80. The number of likely N-dealkylation sites (N-methyl/N-ethyl adjacent to an activating group) is 1. The largest absolute Gasteiger partial charge is 0.376 e. The van der Waals surface area contributed by atoms with E-state index in [-0.39, 0.29) is 16.9 Å². The number of carbonyl (C=O) groups is 1. The van der Waals surface area contributed by atoms with E-state index in [1.165, 1.54) is 4.31 Å². The van der Waals surface area contributed by atoms with E-state index in [1.807, 2.05) is 27.0 Å².